The van der Waals surface area contributed by atoms with E-state index in [1.54, 1.807) is 6.92 Å². The molecule has 0 aliphatic heterocycles. The van der Waals surface area contributed by atoms with Crippen molar-refractivity contribution < 1.29 is 18.0 Å². The third-order valence-corrected chi connectivity index (χ3v) is 4.72. The van der Waals surface area contributed by atoms with Crippen LogP contribution in [0.2, 0.25) is 10.0 Å². The van der Waals surface area contributed by atoms with Gasteiger partial charge in [0, 0.05) is 23.2 Å². The second-order valence-corrected chi connectivity index (χ2v) is 6.81. The molecule has 28 heavy (non-hydrogen) atoms. The number of aryl methyl sites for hydroxylation is 1. The number of benzene rings is 2. The molecule has 0 atom stereocenters. The Kier molecular flexibility index (Phi) is 5.41. The Morgan fingerprint density at radius 2 is 1.86 bits per heavy atom. The van der Waals surface area contributed by atoms with Crippen molar-refractivity contribution in [2.75, 3.05) is 5.32 Å². The van der Waals surface area contributed by atoms with Crippen molar-refractivity contribution in [3.05, 3.63) is 74.0 Å². The van der Waals surface area contributed by atoms with Crippen LogP contribution < -0.4 is 10.7 Å². The molecule has 0 unspecified atom stereocenters. The zero-order valence-electron chi connectivity index (χ0n) is 14.4. The number of carbonyl (C=O) groups excluding carboxylic acids is 1. The molecule has 1 N–H and O–H groups in total. The fourth-order valence-electron chi connectivity index (χ4n) is 2.78. The molecule has 1 heterocycles. The van der Waals surface area contributed by atoms with Crippen LogP contribution in [0.15, 0.2) is 47.4 Å². The zero-order chi connectivity index (χ0) is 20.6. The Hall–Kier alpha value is -2.51. The third-order valence-electron chi connectivity index (χ3n) is 4.17. The van der Waals surface area contributed by atoms with Gasteiger partial charge in [0.15, 0.2) is 0 Å². The van der Waals surface area contributed by atoms with E-state index in [2.05, 4.69) is 5.32 Å². The standard InChI is InChI=1S/C19H13Cl2F3N2O2/c1-2-26-9-13(18(28)25-15-5-4-11(20)8-14(15)21)17(27)12-7-10(19(22,23)24)3-6-16(12)26/h3-9H,2H2,1H3,(H,25,28). The molecule has 3 rings (SSSR count). The molecule has 0 saturated heterocycles. The van der Waals surface area contributed by atoms with Gasteiger partial charge < -0.3 is 9.88 Å². The van der Waals surface area contributed by atoms with E-state index in [4.69, 9.17) is 23.2 Å². The summed E-state index contributed by atoms with van der Waals surface area (Å²) in [6.45, 7) is 2.10. The first-order valence-corrected chi connectivity index (χ1v) is 8.88. The maximum Gasteiger partial charge on any atom is 0.416 e. The van der Waals surface area contributed by atoms with Crippen LogP contribution in [-0.4, -0.2) is 10.5 Å². The normalized spacial score (nSPS) is 11.6. The fraction of sp³-hybridized carbons (Fsp3) is 0.158. The van der Waals surface area contributed by atoms with Crippen LogP contribution in [0.25, 0.3) is 10.9 Å². The van der Waals surface area contributed by atoms with Crippen LogP contribution in [0.1, 0.15) is 22.8 Å². The molecule has 146 valence electrons. The number of hydrogen-bond acceptors (Lipinski definition) is 2. The first-order chi connectivity index (χ1) is 13.1. The quantitative estimate of drug-likeness (QED) is 0.590. The number of anilines is 1. The Balaban J connectivity index is 2.13. The number of fused-ring (bicyclic) bond motifs is 1. The lowest BCUT2D eigenvalue weighted by atomic mass is 10.1. The Labute approximate surface area is 167 Å². The highest BCUT2D eigenvalue weighted by Crippen LogP contribution is 2.31. The topological polar surface area (TPSA) is 51.1 Å². The van der Waals surface area contributed by atoms with Crippen LogP contribution >= 0.6 is 23.2 Å². The molecule has 0 bridgehead atoms. The lowest BCUT2D eigenvalue weighted by molar-refractivity contribution is -0.137. The molecule has 0 radical (unpaired) electrons. The van der Waals surface area contributed by atoms with Crippen LogP contribution in [-0.2, 0) is 12.7 Å². The highest BCUT2D eigenvalue weighted by atomic mass is 35.5. The van der Waals surface area contributed by atoms with Gasteiger partial charge >= 0.3 is 6.18 Å². The molecule has 1 aromatic heterocycles. The van der Waals surface area contributed by atoms with Gasteiger partial charge in [0.2, 0.25) is 5.43 Å². The first kappa shape index (κ1) is 20.2. The second-order valence-electron chi connectivity index (χ2n) is 5.97. The van der Waals surface area contributed by atoms with Crippen LogP contribution in [0.4, 0.5) is 18.9 Å². The lowest BCUT2D eigenvalue weighted by Gasteiger charge is -2.14. The summed E-state index contributed by atoms with van der Waals surface area (Å²) in [6.07, 6.45) is -3.29. The van der Waals surface area contributed by atoms with E-state index in [-0.39, 0.29) is 21.7 Å². The minimum atomic E-state index is -4.60. The molecular weight excluding hydrogens is 416 g/mol. The molecular formula is C19H13Cl2F3N2O2. The van der Waals surface area contributed by atoms with Gasteiger partial charge in [-0.2, -0.15) is 13.2 Å². The minimum Gasteiger partial charge on any atom is -0.347 e. The molecule has 0 spiro atoms. The van der Waals surface area contributed by atoms with Gasteiger partial charge in [-0.25, -0.2) is 0 Å². The van der Waals surface area contributed by atoms with E-state index in [1.165, 1.54) is 35.0 Å². The molecule has 0 aliphatic rings. The smallest absolute Gasteiger partial charge is 0.347 e. The van der Waals surface area contributed by atoms with Gasteiger partial charge in [0.05, 0.1) is 21.8 Å². The number of aromatic nitrogens is 1. The largest absolute Gasteiger partial charge is 0.416 e. The van der Waals surface area contributed by atoms with E-state index in [0.29, 0.717) is 17.1 Å². The SMILES string of the molecule is CCn1cc(C(=O)Nc2ccc(Cl)cc2Cl)c(=O)c2cc(C(F)(F)F)ccc21. The number of rotatable bonds is 3. The van der Waals surface area contributed by atoms with Crippen LogP contribution in [0.3, 0.4) is 0 Å². The van der Waals surface area contributed by atoms with Crippen LogP contribution in [0.5, 0.6) is 0 Å². The first-order valence-electron chi connectivity index (χ1n) is 8.12. The summed E-state index contributed by atoms with van der Waals surface area (Å²) < 4.78 is 40.7. The molecule has 4 nitrogen and oxygen atoms in total. The number of nitrogens with zero attached hydrogens (tertiary/aromatic N) is 1. The van der Waals surface area contributed by atoms with E-state index in [1.807, 2.05) is 0 Å². The Morgan fingerprint density at radius 1 is 1.14 bits per heavy atom. The van der Waals surface area contributed by atoms with Crippen molar-refractivity contribution in [2.45, 2.75) is 19.6 Å². The molecule has 0 fully saturated rings. The third kappa shape index (κ3) is 3.86. The van der Waals surface area contributed by atoms with Gasteiger partial charge in [0.1, 0.15) is 5.56 Å². The fourth-order valence-corrected chi connectivity index (χ4v) is 3.23. The second kappa shape index (κ2) is 7.48. The van der Waals surface area contributed by atoms with Gasteiger partial charge in [-0.05, 0) is 43.3 Å². The minimum absolute atomic E-state index is 0.164. The monoisotopic (exact) mass is 428 g/mol. The van der Waals surface area contributed by atoms with Gasteiger partial charge in [-0.3, -0.25) is 9.59 Å². The maximum atomic E-state index is 13.0. The molecule has 0 saturated carbocycles. The molecule has 9 heteroatoms. The van der Waals surface area contributed by atoms with Gasteiger partial charge in [-0.15, -0.1) is 0 Å². The molecule has 2 aromatic carbocycles. The lowest BCUT2D eigenvalue weighted by Crippen LogP contribution is -2.24. The predicted octanol–water partition coefficient (Wildman–Crippen LogP) is 5.60. The van der Waals surface area contributed by atoms with Crippen molar-refractivity contribution >= 4 is 45.7 Å². The number of halogens is 5. The van der Waals surface area contributed by atoms with Crippen molar-refractivity contribution in [1.29, 1.82) is 0 Å². The number of hydrogen-bond donors (Lipinski definition) is 1. The summed E-state index contributed by atoms with van der Waals surface area (Å²) in [6, 6.07) is 7.27. The number of pyridine rings is 1. The van der Waals surface area contributed by atoms with Crippen molar-refractivity contribution in [2.24, 2.45) is 0 Å². The Bertz CT molecular complexity index is 1140. The summed E-state index contributed by atoms with van der Waals surface area (Å²) in [5.74, 6) is -0.782. The average molecular weight is 429 g/mol. The average Bonchev–Trinajstić information content (AvgIpc) is 2.63. The molecule has 3 aromatic rings. The summed E-state index contributed by atoms with van der Waals surface area (Å²) in [7, 11) is 0. The predicted molar refractivity (Wildman–Crippen MR) is 103 cm³/mol. The number of carbonyl (C=O) groups is 1. The van der Waals surface area contributed by atoms with E-state index < -0.39 is 23.1 Å². The van der Waals surface area contributed by atoms with E-state index in [0.717, 1.165) is 12.1 Å². The highest BCUT2D eigenvalue weighted by Gasteiger charge is 2.31. The van der Waals surface area contributed by atoms with Crippen molar-refractivity contribution in [3.8, 4) is 0 Å². The number of alkyl halides is 3. The summed E-state index contributed by atoms with van der Waals surface area (Å²) in [5, 5.41) is 2.83. The molecule has 1 amide bonds. The molecule has 0 aliphatic carbocycles. The van der Waals surface area contributed by atoms with E-state index in [9.17, 15) is 22.8 Å². The van der Waals surface area contributed by atoms with Crippen molar-refractivity contribution in [1.82, 2.24) is 4.57 Å². The van der Waals surface area contributed by atoms with Gasteiger partial charge in [-0.1, -0.05) is 23.2 Å². The Morgan fingerprint density at radius 3 is 2.46 bits per heavy atom. The van der Waals surface area contributed by atoms with E-state index >= 15 is 0 Å². The summed E-state index contributed by atoms with van der Waals surface area (Å²) >= 11 is 11.8. The highest BCUT2D eigenvalue weighted by molar-refractivity contribution is 6.36. The number of amides is 1. The zero-order valence-corrected chi connectivity index (χ0v) is 15.9. The number of nitrogens with one attached hydrogen (secondary N) is 1. The van der Waals surface area contributed by atoms with Crippen LogP contribution in [0, 0.1) is 0 Å². The van der Waals surface area contributed by atoms with Crippen molar-refractivity contribution in [3.63, 3.8) is 0 Å². The maximum absolute atomic E-state index is 13.0. The van der Waals surface area contributed by atoms with Gasteiger partial charge in [0.25, 0.3) is 5.91 Å². The summed E-state index contributed by atoms with van der Waals surface area (Å²) in [5.41, 5.74) is -1.52. The summed E-state index contributed by atoms with van der Waals surface area (Å²) in [4.78, 5) is 25.4.